The number of thioether (sulfide) groups is 1. The van der Waals surface area contributed by atoms with Crippen LogP contribution in [-0.2, 0) is 9.53 Å². The van der Waals surface area contributed by atoms with Crippen molar-refractivity contribution in [2.24, 2.45) is 5.92 Å². The number of hydrogen-bond donors (Lipinski definition) is 2. The molecular weight excluding hydrogens is 451 g/mol. The Morgan fingerprint density at radius 2 is 2.03 bits per heavy atom. The maximum Gasteiger partial charge on any atom is 0.338 e. The molecule has 2 aromatic heterocycles. The van der Waals surface area contributed by atoms with Crippen LogP contribution in [-0.4, -0.2) is 54.4 Å². The summed E-state index contributed by atoms with van der Waals surface area (Å²) in [5.74, 6) is -1.40. The average Bonchev–Trinajstić information content (AvgIpc) is 3.35. The molecule has 3 heterocycles. The molecule has 0 bridgehead atoms. The van der Waals surface area contributed by atoms with Gasteiger partial charge in [-0.15, -0.1) is 16.9 Å². The maximum absolute atomic E-state index is 15.3. The van der Waals surface area contributed by atoms with E-state index in [4.69, 9.17) is 4.74 Å². The van der Waals surface area contributed by atoms with Crippen molar-refractivity contribution in [3.8, 4) is 0 Å². The molecule has 4 atom stereocenters. The Morgan fingerprint density at radius 1 is 1.30 bits per heavy atom. The molecule has 1 saturated heterocycles. The normalized spacial score (nSPS) is 22.6. The Bertz CT molecular complexity index is 1230. The summed E-state index contributed by atoms with van der Waals surface area (Å²) in [6.45, 7) is 5.24. The lowest BCUT2D eigenvalue weighted by molar-refractivity contribution is -0.118. The SMILES string of the molecule is CC[C@H]1S[C@@H](n2nnc3c(=O)[nH]c(NC(=O)C(C)C)nc32)C(OC(=O)c2ccccc2)[C@H]1F. The molecule has 0 aliphatic carbocycles. The van der Waals surface area contributed by atoms with E-state index >= 15 is 4.39 Å². The number of nitrogens with zero attached hydrogens (tertiary/aromatic N) is 4. The first kappa shape index (κ1) is 22.9. The van der Waals surface area contributed by atoms with E-state index in [0.717, 1.165) is 0 Å². The van der Waals surface area contributed by atoms with Crippen molar-refractivity contribution in [2.45, 2.75) is 50.1 Å². The highest BCUT2D eigenvalue weighted by atomic mass is 32.2. The number of amides is 1. The van der Waals surface area contributed by atoms with Crippen molar-refractivity contribution in [3.05, 3.63) is 46.2 Å². The average molecular weight is 475 g/mol. The fourth-order valence-electron chi connectivity index (χ4n) is 3.44. The monoisotopic (exact) mass is 474 g/mol. The van der Waals surface area contributed by atoms with Gasteiger partial charge in [0.1, 0.15) is 5.37 Å². The van der Waals surface area contributed by atoms with Crippen molar-refractivity contribution >= 4 is 40.8 Å². The zero-order chi connectivity index (χ0) is 23.7. The van der Waals surface area contributed by atoms with Crippen molar-refractivity contribution in [2.75, 3.05) is 5.32 Å². The Balaban J connectivity index is 1.71. The number of anilines is 1. The van der Waals surface area contributed by atoms with Gasteiger partial charge in [0.05, 0.1) is 5.56 Å². The van der Waals surface area contributed by atoms with Crippen molar-refractivity contribution in [1.29, 1.82) is 0 Å². The highest BCUT2D eigenvalue weighted by Crippen LogP contribution is 2.46. The van der Waals surface area contributed by atoms with Crippen LogP contribution in [0.5, 0.6) is 0 Å². The van der Waals surface area contributed by atoms with Gasteiger partial charge in [-0.1, -0.05) is 44.2 Å². The van der Waals surface area contributed by atoms with Crippen LogP contribution in [0.2, 0.25) is 0 Å². The van der Waals surface area contributed by atoms with Crippen molar-refractivity contribution in [3.63, 3.8) is 0 Å². The fraction of sp³-hybridized carbons (Fsp3) is 0.429. The molecule has 0 spiro atoms. The molecule has 3 aromatic rings. The molecule has 0 radical (unpaired) electrons. The zero-order valence-corrected chi connectivity index (χ0v) is 19.0. The van der Waals surface area contributed by atoms with E-state index in [9.17, 15) is 14.4 Å². The number of rotatable bonds is 6. The third-order valence-electron chi connectivity index (χ3n) is 5.26. The topological polar surface area (TPSA) is 132 Å². The number of nitrogens with one attached hydrogen (secondary N) is 2. The number of esters is 1. The quantitative estimate of drug-likeness (QED) is 0.521. The van der Waals surface area contributed by atoms with Crippen LogP contribution in [0, 0.1) is 5.92 Å². The van der Waals surface area contributed by atoms with Gasteiger partial charge in [-0.05, 0) is 18.6 Å². The molecule has 33 heavy (non-hydrogen) atoms. The number of carbonyl (C=O) groups is 2. The molecule has 1 fully saturated rings. The van der Waals surface area contributed by atoms with E-state index in [1.807, 2.05) is 6.92 Å². The summed E-state index contributed by atoms with van der Waals surface area (Å²) in [5, 5.41) is 9.18. The van der Waals surface area contributed by atoms with E-state index in [1.165, 1.54) is 16.4 Å². The minimum absolute atomic E-state index is 0.0556. The highest BCUT2D eigenvalue weighted by Gasteiger charge is 2.48. The van der Waals surface area contributed by atoms with Gasteiger partial charge < -0.3 is 4.74 Å². The summed E-state index contributed by atoms with van der Waals surface area (Å²) in [4.78, 5) is 43.9. The molecule has 12 heteroatoms. The Morgan fingerprint density at radius 3 is 2.70 bits per heavy atom. The summed E-state index contributed by atoms with van der Waals surface area (Å²) >= 11 is 1.24. The number of halogens is 1. The van der Waals surface area contributed by atoms with Gasteiger partial charge in [0, 0.05) is 11.2 Å². The number of benzene rings is 1. The summed E-state index contributed by atoms with van der Waals surface area (Å²) in [6.07, 6.45) is -2.13. The summed E-state index contributed by atoms with van der Waals surface area (Å²) in [7, 11) is 0. The number of aromatic amines is 1. The van der Waals surface area contributed by atoms with Crippen molar-refractivity contribution in [1.82, 2.24) is 25.0 Å². The first-order valence-corrected chi connectivity index (χ1v) is 11.5. The number of H-pyrrole nitrogens is 1. The zero-order valence-electron chi connectivity index (χ0n) is 18.2. The van der Waals surface area contributed by atoms with Crippen LogP contribution < -0.4 is 10.9 Å². The molecule has 1 unspecified atom stereocenters. The molecule has 1 amide bonds. The van der Waals surface area contributed by atoms with E-state index in [2.05, 4.69) is 25.6 Å². The van der Waals surface area contributed by atoms with Crippen LogP contribution >= 0.6 is 11.8 Å². The minimum atomic E-state index is -1.46. The first-order chi connectivity index (χ1) is 15.8. The molecule has 174 valence electrons. The Kier molecular flexibility index (Phi) is 6.45. The van der Waals surface area contributed by atoms with Crippen LogP contribution in [0.1, 0.15) is 42.9 Å². The van der Waals surface area contributed by atoms with Gasteiger partial charge in [0.15, 0.2) is 23.4 Å². The largest absolute Gasteiger partial charge is 0.452 e. The number of alkyl halides is 1. The predicted octanol–water partition coefficient (Wildman–Crippen LogP) is 2.70. The van der Waals surface area contributed by atoms with Gasteiger partial charge in [-0.3, -0.25) is 19.9 Å². The van der Waals surface area contributed by atoms with E-state index in [-0.39, 0.29) is 28.9 Å². The summed E-state index contributed by atoms with van der Waals surface area (Å²) in [5.41, 5.74) is -0.318. The van der Waals surface area contributed by atoms with Gasteiger partial charge in [0.2, 0.25) is 11.9 Å². The van der Waals surface area contributed by atoms with Gasteiger partial charge in [-0.2, -0.15) is 4.98 Å². The van der Waals surface area contributed by atoms with Gasteiger partial charge >= 0.3 is 5.97 Å². The number of ether oxygens (including phenoxy) is 1. The minimum Gasteiger partial charge on any atom is -0.452 e. The van der Waals surface area contributed by atoms with E-state index in [0.29, 0.717) is 12.0 Å². The first-order valence-electron chi connectivity index (χ1n) is 10.5. The lowest BCUT2D eigenvalue weighted by atomic mass is 10.1. The fourth-order valence-corrected chi connectivity index (χ4v) is 4.91. The summed E-state index contributed by atoms with van der Waals surface area (Å²) in [6, 6.07) is 8.30. The smallest absolute Gasteiger partial charge is 0.338 e. The Labute approximate surface area is 192 Å². The molecule has 1 aliphatic rings. The standard InChI is InChI=1S/C21H23FN6O4S/c1-4-12-13(22)15(32-20(31)11-8-6-5-7-9-11)19(33-12)28-16-14(26-27-28)18(30)25-21(23-16)24-17(29)10(2)3/h5-10,12-13,15,19H,4H2,1-3H3,(H2,23,24,25,29,30)/t12-,13+,15?,19-/m1/s1. The molecule has 10 nitrogen and oxygen atoms in total. The molecule has 4 rings (SSSR count). The molecule has 1 aliphatic heterocycles. The number of fused-ring (bicyclic) bond motifs is 1. The molecule has 1 aromatic carbocycles. The van der Waals surface area contributed by atoms with Gasteiger partial charge in [0.25, 0.3) is 5.56 Å². The van der Waals surface area contributed by atoms with E-state index in [1.54, 1.807) is 44.2 Å². The van der Waals surface area contributed by atoms with Crippen LogP contribution in [0.15, 0.2) is 35.1 Å². The lowest BCUT2D eigenvalue weighted by Gasteiger charge is -2.21. The third-order valence-corrected chi connectivity index (χ3v) is 6.95. The van der Waals surface area contributed by atoms with Crippen LogP contribution in [0.4, 0.5) is 10.3 Å². The van der Waals surface area contributed by atoms with Crippen molar-refractivity contribution < 1.29 is 18.7 Å². The Hall–Kier alpha value is -3.28. The predicted molar refractivity (Wildman–Crippen MR) is 121 cm³/mol. The number of hydrogen-bond acceptors (Lipinski definition) is 8. The van der Waals surface area contributed by atoms with Crippen LogP contribution in [0.25, 0.3) is 11.2 Å². The second-order valence-electron chi connectivity index (χ2n) is 7.92. The number of carbonyl (C=O) groups excluding carboxylic acids is 2. The highest BCUT2D eigenvalue weighted by molar-refractivity contribution is 8.00. The number of aromatic nitrogens is 5. The molecule has 2 N–H and O–H groups in total. The van der Waals surface area contributed by atoms with E-state index < -0.39 is 34.4 Å². The second kappa shape index (κ2) is 9.30. The molecule has 0 saturated carbocycles. The third kappa shape index (κ3) is 4.47. The second-order valence-corrected chi connectivity index (χ2v) is 9.28. The van der Waals surface area contributed by atoms with Crippen LogP contribution in [0.3, 0.4) is 0 Å². The van der Waals surface area contributed by atoms with Gasteiger partial charge in [-0.25, -0.2) is 13.9 Å². The summed E-state index contributed by atoms with van der Waals surface area (Å²) < 4.78 is 22.1. The maximum atomic E-state index is 15.3. The lowest BCUT2D eigenvalue weighted by Crippen LogP contribution is -2.33. The molecular formula is C21H23FN6O4S.